The minimum atomic E-state index is -0.228. The molecule has 18 heavy (non-hydrogen) atoms. The van der Waals surface area contributed by atoms with Gasteiger partial charge in [-0.15, -0.1) is 0 Å². The van der Waals surface area contributed by atoms with Gasteiger partial charge in [-0.25, -0.2) is 0 Å². The van der Waals surface area contributed by atoms with Crippen molar-refractivity contribution in [2.24, 2.45) is 35.5 Å². The zero-order chi connectivity index (χ0) is 12.0. The van der Waals surface area contributed by atoms with Crippen LogP contribution in [0.1, 0.15) is 32.1 Å². The van der Waals surface area contributed by atoms with Crippen molar-refractivity contribution in [3.63, 3.8) is 0 Å². The molecule has 6 rings (SSSR count). The van der Waals surface area contributed by atoms with E-state index in [1.54, 1.807) is 11.1 Å². The number of cyclic esters (lactones) is 2. The molecule has 0 spiro atoms. The standard InChI is InChI=1S/C15H16O3/c16-14-12-8-3-4-9(13(12)15(17)18-14)11-7-2-1-6(5-7)10(8)11/h6-9,12-13H,1-5H2/t6-,7-,8-,9-,12-,13-/m0/s1. The second-order valence-electron chi connectivity index (χ2n) is 6.70. The largest absolute Gasteiger partial charge is 0.393 e. The average molecular weight is 244 g/mol. The highest BCUT2D eigenvalue weighted by Gasteiger charge is 2.63. The van der Waals surface area contributed by atoms with Crippen LogP contribution in [0.3, 0.4) is 0 Å². The molecule has 6 aliphatic rings. The van der Waals surface area contributed by atoms with E-state index in [0.29, 0.717) is 11.8 Å². The molecule has 2 saturated carbocycles. The Balaban J connectivity index is 1.71. The summed E-state index contributed by atoms with van der Waals surface area (Å²) in [5.74, 6) is 1.49. The van der Waals surface area contributed by atoms with Crippen LogP contribution in [0.4, 0.5) is 0 Å². The van der Waals surface area contributed by atoms with Crippen LogP contribution in [0.2, 0.25) is 0 Å². The summed E-state index contributed by atoms with van der Waals surface area (Å²) in [5.41, 5.74) is 3.21. The number of hydrogen-bond donors (Lipinski definition) is 0. The van der Waals surface area contributed by atoms with E-state index in [1.165, 1.54) is 19.3 Å². The maximum atomic E-state index is 11.9. The fraction of sp³-hybridized carbons (Fsp3) is 0.733. The maximum Gasteiger partial charge on any atom is 0.318 e. The smallest absolute Gasteiger partial charge is 0.318 e. The lowest BCUT2D eigenvalue weighted by atomic mass is 9.54. The molecule has 1 saturated heterocycles. The SMILES string of the molecule is O=C1OC(=O)[C@@H]2[C@@H]1[C@H]1CC[C@H]2C2=C1[C@H]1CC[C@H]2C1. The topological polar surface area (TPSA) is 43.4 Å². The van der Waals surface area contributed by atoms with Gasteiger partial charge in [0.25, 0.3) is 0 Å². The summed E-state index contributed by atoms with van der Waals surface area (Å²) in [7, 11) is 0. The van der Waals surface area contributed by atoms with Crippen molar-refractivity contribution in [1.82, 2.24) is 0 Å². The van der Waals surface area contributed by atoms with Crippen LogP contribution in [0.5, 0.6) is 0 Å². The molecule has 0 N–H and O–H groups in total. The Morgan fingerprint density at radius 2 is 1.28 bits per heavy atom. The highest BCUT2D eigenvalue weighted by Crippen LogP contribution is 2.65. The zero-order valence-corrected chi connectivity index (χ0v) is 10.2. The second-order valence-corrected chi connectivity index (χ2v) is 6.70. The molecule has 1 aliphatic heterocycles. The number of rotatable bonds is 0. The van der Waals surface area contributed by atoms with Gasteiger partial charge < -0.3 is 4.74 Å². The van der Waals surface area contributed by atoms with Crippen molar-refractivity contribution in [1.29, 1.82) is 0 Å². The fourth-order valence-corrected chi connectivity index (χ4v) is 5.83. The van der Waals surface area contributed by atoms with E-state index in [9.17, 15) is 9.59 Å². The predicted molar refractivity (Wildman–Crippen MR) is 62.2 cm³/mol. The first kappa shape index (κ1) is 9.76. The van der Waals surface area contributed by atoms with Gasteiger partial charge in [-0.3, -0.25) is 9.59 Å². The second kappa shape index (κ2) is 2.89. The fourth-order valence-electron chi connectivity index (χ4n) is 5.83. The number of hydrogen-bond acceptors (Lipinski definition) is 3. The predicted octanol–water partition coefficient (Wildman–Crippen LogP) is 2.07. The molecular weight excluding hydrogens is 228 g/mol. The van der Waals surface area contributed by atoms with Gasteiger partial charge in [-0.2, -0.15) is 0 Å². The van der Waals surface area contributed by atoms with Crippen molar-refractivity contribution in [2.75, 3.05) is 0 Å². The van der Waals surface area contributed by atoms with E-state index in [0.717, 1.165) is 24.7 Å². The summed E-state index contributed by atoms with van der Waals surface area (Å²) < 4.78 is 4.94. The van der Waals surface area contributed by atoms with Gasteiger partial charge in [0.2, 0.25) is 0 Å². The van der Waals surface area contributed by atoms with Gasteiger partial charge in [0.1, 0.15) is 0 Å². The monoisotopic (exact) mass is 244 g/mol. The van der Waals surface area contributed by atoms with Crippen LogP contribution in [-0.2, 0) is 14.3 Å². The van der Waals surface area contributed by atoms with Gasteiger partial charge >= 0.3 is 11.9 Å². The first-order valence-corrected chi connectivity index (χ1v) is 7.25. The molecular formula is C15H16O3. The third-order valence-corrected chi connectivity index (χ3v) is 6.23. The Morgan fingerprint density at radius 1 is 0.778 bits per heavy atom. The molecule has 94 valence electrons. The van der Waals surface area contributed by atoms with E-state index in [4.69, 9.17) is 4.74 Å². The number of fused-ring (bicyclic) bond motifs is 3. The van der Waals surface area contributed by atoms with Crippen LogP contribution in [0, 0.1) is 35.5 Å². The van der Waals surface area contributed by atoms with Crippen molar-refractivity contribution in [3.8, 4) is 0 Å². The molecule has 3 heteroatoms. The molecule has 3 nitrogen and oxygen atoms in total. The normalized spacial score (nSPS) is 51.8. The Morgan fingerprint density at radius 3 is 1.78 bits per heavy atom. The lowest BCUT2D eigenvalue weighted by Crippen LogP contribution is -2.44. The Hall–Kier alpha value is -1.12. The molecule has 3 fully saturated rings. The van der Waals surface area contributed by atoms with Crippen LogP contribution in [0.25, 0.3) is 0 Å². The summed E-state index contributed by atoms with van der Waals surface area (Å²) in [6, 6.07) is 0. The van der Waals surface area contributed by atoms with Crippen LogP contribution >= 0.6 is 0 Å². The van der Waals surface area contributed by atoms with E-state index in [-0.39, 0.29) is 23.8 Å². The molecule has 0 amide bonds. The minimum absolute atomic E-state index is 0.116. The molecule has 0 aromatic carbocycles. The summed E-state index contributed by atoms with van der Waals surface area (Å²) in [4.78, 5) is 23.9. The minimum Gasteiger partial charge on any atom is -0.393 e. The van der Waals surface area contributed by atoms with Gasteiger partial charge in [-0.1, -0.05) is 11.1 Å². The zero-order valence-electron chi connectivity index (χ0n) is 10.2. The average Bonchev–Trinajstić information content (AvgIpc) is 3.06. The molecule has 6 atom stereocenters. The number of esters is 2. The van der Waals surface area contributed by atoms with E-state index >= 15 is 0 Å². The Kier molecular flexibility index (Phi) is 1.57. The first-order chi connectivity index (χ1) is 8.75. The number of carbonyl (C=O) groups excluding carboxylic acids is 2. The van der Waals surface area contributed by atoms with Crippen molar-refractivity contribution in [2.45, 2.75) is 32.1 Å². The molecule has 5 aliphatic carbocycles. The van der Waals surface area contributed by atoms with Crippen molar-refractivity contribution >= 4 is 11.9 Å². The third kappa shape index (κ3) is 0.886. The molecule has 1 heterocycles. The van der Waals surface area contributed by atoms with Gasteiger partial charge in [0.15, 0.2) is 0 Å². The van der Waals surface area contributed by atoms with Crippen molar-refractivity contribution < 1.29 is 14.3 Å². The van der Waals surface area contributed by atoms with E-state index in [2.05, 4.69) is 0 Å². The third-order valence-electron chi connectivity index (χ3n) is 6.23. The number of carbonyl (C=O) groups is 2. The molecule has 0 aromatic heterocycles. The summed E-state index contributed by atoms with van der Waals surface area (Å²) >= 11 is 0. The van der Waals surface area contributed by atoms with Crippen LogP contribution in [0.15, 0.2) is 11.1 Å². The molecule has 0 radical (unpaired) electrons. The Bertz CT molecular complexity index is 474. The van der Waals surface area contributed by atoms with Crippen LogP contribution in [-0.4, -0.2) is 11.9 Å². The van der Waals surface area contributed by atoms with Crippen molar-refractivity contribution in [3.05, 3.63) is 11.1 Å². The van der Waals surface area contributed by atoms with E-state index < -0.39 is 0 Å². The number of ether oxygens (including phenoxy) is 1. The molecule has 0 unspecified atom stereocenters. The summed E-state index contributed by atoms with van der Waals surface area (Å²) in [6.07, 6.45) is 6.15. The van der Waals surface area contributed by atoms with Gasteiger partial charge in [0, 0.05) is 0 Å². The maximum absolute atomic E-state index is 11.9. The quantitative estimate of drug-likeness (QED) is 0.372. The molecule has 0 aromatic rings. The lowest BCUT2D eigenvalue weighted by molar-refractivity contribution is -0.154. The lowest BCUT2D eigenvalue weighted by Gasteiger charge is -2.47. The highest BCUT2D eigenvalue weighted by molar-refractivity contribution is 5.98. The highest BCUT2D eigenvalue weighted by atomic mass is 16.6. The van der Waals surface area contributed by atoms with Gasteiger partial charge in [0.05, 0.1) is 11.8 Å². The summed E-state index contributed by atoms with van der Waals surface area (Å²) in [6.45, 7) is 0. The van der Waals surface area contributed by atoms with Gasteiger partial charge in [-0.05, 0) is 55.8 Å². The Labute approximate surface area is 106 Å². The number of allylic oxidation sites excluding steroid dienone is 2. The first-order valence-electron chi connectivity index (χ1n) is 7.25. The summed E-state index contributed by atoms with van der Waals surface area (Å²) in [5, 5.41) is 0. The van der Waals surface area contributed by atoms with Crippen LogP contribution < -0.4 is 0 Å². The van der Waals surface area contributed by atoms with E-state index in [1.807, 2.05) is 0 Å². The molecule has 4 bridgehead atoms.